The summed E-state index contributed by atoms with van der Waals surface area (Å²) in [4.78, 5) is 27.4. The average Bonchev–Trinajstić information content (AvgIpc) is 2.97. The molecule has 0 unspecified atom stereocenters. The van der Waals surface area contributed by atoms with E-state index in [4.69, 9.17) is 0 Å². The van der Waals surface area contributed by atoms with Gasteiger partial charge in [0.2, 0.25) is 0 Å². The normalized spacial score (nSPS) is 15.6. The molecule has 4 rings (SSSR count). The zero-order valence-electron chi connectivity index (χ0n) is 14.7. The van der Waals surface area contributed by atoms with Gasteiger partial charge in [0.05, 0.1) is 6.54 Å². The minimum Gasteiger partial charge on any atom is -0.315 e. The van der Waals surface area contributed by atoms with Crippen LogP contribution in [0.4, 0.5) is 9.18 Å². The highest BCUT2D eigenvalue weighted by atomic mass is 79.9. The van der Waals surface area contributed by atoms with Gasteiger partial charge in [0, 0.05) is 10.0 Å². The SMILES string of the molecule is O=C1NC(c2ccccc2)(c2ccccc2)C(=O)N1Cc1ccc(Br)cc1F. The summed E-state index contributed by atoms with van der Waals surface area (Å²) in [6.45, 7) is -0.148. The van der Waals surface area contributed by atoms with E-state index in [1.807, 2.05) is 36.4 Å². The van der Waals surface area contributed by atoms with Gasteiger partial charge in [0.25, 0.3) is 5.91 Å². The third-order valence-corrected chi connectivity index (χ3v) is 5.36. The molecule has 1 saturated heterocycles. The van der Waals surface area contributed by atoms with E-state index in [-0.39, 0.29) is 12.1 Å². The molecule has 1 aliphatic heterocycles. The number of urea groups is 1. The Morgan fingerprint density at radius 1 is 0.893 bits per heavy atom. The Morgan fingerprint density at radius 2 is 1.46 bits per heavy atom. The quantitative estimate of drug-likeness (QED) is 0.605. The van der Waals surface area contributed by atoms with Crippen LogP contribution in [0.1, 0.15) is 16.7 Å². The number of carbonyl (C=O) groups is 2. The number of halogens is 2. The van der Waals surface area contributed by atoms with E-state index in [2.05, 4.69) is 21.2 Å². The molecule has 28 heavy (non-hydrogen) atoms. The summed E-state index contributed by atoms with van der Waals surface area (Å²) < 4.78 is 14.9. The number of carbonyl (C=O) groups excluding carboxylic acids is 2. The van der Waals surface area contributed by atoms with Gasteiger partial charge in [0.15, 0.2) is 5.54 Å². The van der Waals surface area contributed by atoms with Crippen molar-refractivity contribution in [2.75, 3.05) is 0 Å². The van der Waals surface area contributed by atoms with E-state index < -0.39 is 23.3 Å². The molecular formula is C22H16BrFN2O2. The number of nitrogens with one attached hydrogen (secondary N) is 1. The van der Waals surface area contributed by atoms with Crippen LogP contribution in [0, 0.1) is 5.82 Å². The minimum absolute atomic E-state index is 0.148. The molecule has 3 aromatic carbocycles. The number of hydrogen-bond acceptors (Lipinski definition) is 2. The molecule has 1 heterocycles. The first kappa shape index (κ1) is 18.4. The standard InChI is InChI=1S/C22H16BrFN2O2/c23-18-12-11-15(19(24)13-18)14-26-20(27)22(25-21(26)28,16-7-3-1-4-8-16)17-9-5-2-6-10-17/h1-13H,14H2,(H,25,28). The monoisotopic (exact) mass is 438 g/mol. The first-order valence-corrected chi connectivity index (χ1v) is 9.51. The molecule has 140 valence electrons. The summed E-state index contributed by atoms with van der Waals surface area (Å²) in [6.07, 6.45) is 0. The van der Waals surface area contributed by atoms with Crippen LogP contribution in [0.5, 0.6) is 0 Å². The van der Waals surface area contributed by atoms with E-state index in [9.17, 15) is 14.0 Å². The first-order valence-electron chi connectivity index (χ1n) is 8.71. The Bertz CT molecular complexity index is 1000. The molecule has 0 bridgehead atoms. The molecular weight excluding hydrogens is 423 g/mol. The van der Waals surface area contributed by atoms with Crippen molar-refractivity contribution in [2.45, 2.75) is 12.1 Å². The van der Waals surface area contributed by atoms with Crippen molar-refractivity contribution in [2.24, 2.45) is 0 Å². The van der Waals surface area contributed by atoms with E-state index in [1.54, 1.807) is 36.4 Å². The van der Waals surface area contributed by atoms with Gasteiger partial charge in [-0.05, 0) is 23.3 Å². The molecule has 0 radical (unpaired) electrons. The van der Waals surface area contributed by atoms with E-state index in [1.165, 1.54) is 6.07 Å². The number of rotatable bonds is 4. The van der Waals surface area contributed by atoms with Crippen molar-refractivity contribution < 1.29 is 14.0 Å². The molecule has 6 heteroatoms. The fraction of sp³-hybridized carbons (Fsp3) is 0.0909. The zero-order chi connectivity index (χ0) is 19.7. The number of hydrogen-bond donors (Lipinski definition) is 1. The van der Waals surface area contributed by atoms with Crippen LogP contribution in [0.3, 0.4) is 0 Å². The number of amides is 3. The molecule has 1 N–H and O–H groups in total. The lowest BCUT2D eigenvalue weighted by Crippen LogP contribution is -2.45. The molecule has 3 aromatic rings. The lowest BCUT2D eigenvalue weighted by atomic mass is 9.82. The van der Waals surface area contributed by atoms with Crippen LogP contribution in [0.2, 0.25) is 0 Å². The van der Waals surface area contributed by atoms with Crippen LogP contribution in [0.25, 0.3) is 0 Å². The Balaban J connectivity index is 1.79. The van der Waals surface area contributed by atoms with Crippen LogP contribution in [0.15, 0.2) is 83.3 Å². The van der Waals surface area contributed by atoms with Crippen molar-refractivity contribution in [3.8, 4) is 0 Å². The second-order valence-corrected chi connectivity index (χ2v) is 7.45. The van der Waals surface area contributed by atoms with Crippen molar-refractivity contribution in [1.82, 2.24) is 10.2 Å². The third kappa shape index (κ3) is 2.99. The van der Waals surface area contributed by atoms with Crippen molar-refractivity contribution in [3.05, 3.63) is 106 Å². The Hall–Kier alpha value is -2.99. The number of nitrogens with zero attached hydrogens (tertiary/aromatic N) is 1. The molecule has 1 aliphatic rings. The lowest BCUT2D eigenvalue weighted by molar-refractivity contribution is -0.130. The summed E-state index contributed by atoms with van der Waals surface area (Å²) in [5.74, 6) is -0.913. The van der Waals surface area contributed by atoms with Gasteiger partial charge in [-0.15, -0.1) is 0 Å². The smallest absolute Gasteiger partial charge is 0.315 e. The molecule has 0 saturated carbocycles. The Morgan fingerprint density at radius 3 is 2.00 bits per heavy atom. The second-order valence-electron chi connectivity index (χ2n) is 6.54. The summed E-state index contributed by atoms with van der Waals surface area (Å²) in [5, 5.41) is 2.86. The van der Waals surface area contributed by atoms with Crippen molar-refractivity contribution in [3.63, 3.8) is 0 Å². The largest absolute Gasteiger partial charge is 0.325 e. The number of benzene rings is 3. The topological polar surface area (TPSA) is 49.4 Å². The van der Waals surface area contributed by atoms with Crippen LogP contribution in [-0.4, -0.2) is 16.8 Å². The minimum atomic E-state index is -1.34. The fourth-order valence-electron chi connectivity index (χ4n) is 3.47. The van der Waals surface area contributed by atoms with E-state index in [0.29, 0.717) is 15.6 Å². The van der Waals surface area contributed by atoms with Crippen LogP contribution in [-0.2, 0) is 16.9 Å². The molecule has 3 amide bonds. The van der Waals surface area contributed by atoms with Gasteiger partial charge in [-0.1, -0.05) is 82.7 Å². The zero-order valence-corrected chi connectivity index (χ0v) is 16.3. The maximum Gasteiger partial charge on any atom is 0.325 e. The molecule has 0 spiro atoms. The maximum atomic E-state index is 14.3. The van der Waals surface area contributed by atoms with Crippen molar-refractivity contribution in [1.29, 1.82) is 0 Å². The predicted molar refractivity (Wildman–Crippen MR) is 107 cm³/mol. The molecule has 0 aliphatic carbocycles. The summed E-state index contributed by atoms with van der Waals surface area (Å²) >= 11 is 3.21. The maximum absolute atomic E-state index is 14.3. The average molecular weight is 439 g/mol. The third-order valence-electron chi connectivity index (χ3n) is 4.86. The number of imide groups is 1. The van der Waals surface area contributed by atoms with Crippen LogP contribution >= 0.6 is 15.9 Å². The highest BCUT2D eigenvalue weighted by Gasteiger charge is 2.53. The summed E-state index contributed by atoms with van der Waals surface area (Å²) in [5.41, 5.74) is 0.228. The van der Waals surface area contributed by atoms with Gasteiger partial charge in [0.1, 0.15) is 5.82 Å². The second kappa shape index (κ2) is 7.20. The van der Waals surface area contributed by atoms with Crippen molar-refractivity contribution >= 4 is 27.9 Å². The summed E-state index contributed by atoms with van der Waals surface area (Å²) in [7, 11) is 0. The predicted octanol–water partition coefficient (Wildman–Crippen LogP) is 4.58. The van der Waals surface area contributed by atoms with E-state index >= 15 is 0 Å². The first-order chi connectivity index (χ1) is 13.5. The molecule has 4 nitrogen and oxygen atoms in total. The van der Waals surface area contributed by atoms with Crippen LogP contribution < -0.4 is 5.32 Å². The molecule has 1 fully saturated rings. The van der Waals surface area contributed by atoms with Gasteiger partial charge in [-0.25, -0.2) is 9.18 Å². The molecule has 0 atom stereocenters. The Kier molecular flexibility index (Phi) is 4.73. The van der Waals surface area contributed by atoms with Gasteiger partial charge < -0.3 is 5.32 Å². The highest BCUT2D eigenvalue weighted by Crippen LogP contribution is 2.36. The highest BCUT2D eigenvalue weighted by molar-refractivity contribution is 9.10. The van der Waals surface area contributed by atoms with E-state index in [0.717, 1.165) is 4.90 Å². The lowest BCUT2D eigenvalue weighted by Gasteiger charge is -2.28. The fourth-order valence-corrected chi connectivity index (χ4v) is 3.81. The molecule has 0 aromatic heterocycles. The summed E-state index contributed by atoms with van der Waals surface area (Å²) in [6, 6.07) is 22.2. The van der Waals surface area contributed by atoms with Gasteiger partial charge >= 0.3 is 6.03 Å². The van der Waals surface area contributed by atoms with Gasteiger partial charge in [-0.3, -0.25) is 9.69 Å². The van der Waals surface area contributed by atoms with Gasteiger partial charge in [-0.2, -0.15) is 0 Å². The Labute approximate surface area is 170 Å².